The van der Waals surface area contributed by atoms with Gasteiger partial charge in [-0.1, -0.05) is 18.2 Å². The molecule has 0 amide bonds. The fraction of sp³-hybridized carbons (Fsp3) is 0.400. The van der Waals surface area contributed by atoms with Gasteiger partial charge in [-0.3, -0.25) is 4.79 Å². The Kier molecular flexibility index (Phi) is 6.81. The first-order valence-electron chi connectivity index (χ1n) is 6.17. The van der Waals surface area contributed by atoms with Crippen LogP contribution in [0.1, 0.15) is 30.1 Å². The zero-order chi connectivity index (χ0) is 13.2. The molecule has 0 atom stereocenters. The molecule has 3 nitrogen and oxygen atoms in total. The third-order valence-corrected chi connectivity index (χ3v) is 2.45. The van der Waals surface area contributed by atoms with E-state index in [0.717, 1.165) is 12.8 Å². The van der Waals surface area contributed by atoms with Gasteiger partial charge in [-0.15, -0.1) is 6.58 Å². The zero-order valence-corrected chi connectivity index (χ0v) is 10.9. The van der Waals surface area contributed by atoms with Crippen LogP contribution in [-0.4, -0.2) is 25.6 Å². The van der Waals surface area contributed by atoms with E-state index in [4.69, 9.17) is 9.47 Å². The number of carbonyl (C=O) groups excluding carboxylic acids is 1. The van der Waals surface area contributed by atoms with Gasteiger partial charge >= 0.3 is 0 Å². The summed E-state index contributed by atoms with van der Waals surface area (Å²) in [5, 5.41) is 0. The summed E-state index contributed by atoms with van der Waals surface area (Å²) in [5.74, 6) is 0.636. The van der Waals surface area contributed by atoms with Crippen LogP contribution in [0, 0.1) is 0 Å². The summed E-state index contributed by atoms with van der Waals surface area (Å²) in [6.07, 6.45) is 3.82. The molecule has 98 valence electrons. The van der Waals surface area contributed by atoms with Crippen molar-refractivity contribution in [3.63, 3.8) is 0 Å². The third kappa shape index (κ3) is 5.15. The Bertz CT molecular complexity index is 385. The summed E-state index contributed by atoms with van der Waals surface area (Å²) in [6.45, 7) is 6.88. The van der Waals surface area contributed by atoms with E-state index < -0.39 is 0 Å². The molecular formula is C15H20O3. The van der Waals surface area contributed by atoms with Gasteiger partial charge in [0.15, 0.2) is 5.78 Å². The molecule has 0 aliphatic heterocycles. The predicted molar refractivity (Wildman–Crippen MR) is 72.2 cm³/mol. The van der Waals surface area contributed by atoms with Crippen LogP contribution in [-0.2, 0) is 4.74 Å². The zero-order valence-electron chi connectivity index (χ0n) is 10.9. The van der Waals surface area contributed by atoms with E-state index >= 15 is 0 Å². The molecule has 1 aromatic rings. The highest BCUT2D eigenvalue weighted by atomic mass is 16.5. The van der Waals surface area contributed by atoms with Crippen molar-refractivity contribution < 1.29 is 14.3 Å². The van der Waals surface area contributed by atoms with Gasteiger partial charge < -0.3 is 9.47 Å². The van der Waals surface area contributed by atoms with Gasteiger partial charge in [0.2, 0.25) is 0 Å². The summed E-state index contributed by atoms with van der Waals surface area (Å²) in [7, 11) is 0. The Morgan fingerprint density at radius 2 is 2.06 bits per heavy atom. The van der Waals surface area contributed by atoms with E-state index in [1.54, 1.807) is 12.1 Å². The minimum Gasteiger partial charge on any atom is -0.490 e. The fourth-order valence-corrected chi connectivity index (χ4v) is 1.53. The summed E-state index contributed by atoms with van der Waals surface area (Å²) < 4.78 is 10.9. The smallest absolute Gasteiger partial charge is 0.163 e. The average molecular weight is 248 g/mol. The number of hydrogen-bond acceptors (Lipinski definition) is 3. The molecule has 1 rings (SSSR count). The molecule has 1 aromatic carbocycles. The molecule has 0 fully saturated rings. The van der Waals surface area contributed by atoms with Crippen molar-refractivity contribution >= 4 is 5.78 Å². The summed E-state index contributed by atoms with van der Waals surface area (Å²) in [6, 6.07) is 7.25. The normalized spacial score (nSPS) is 10.1. The number of benzene rings is 1. The Balaban J connectivity index is 2.27. The molecule has 18 heavy (non-hydrogen) atoms. The number of ketones is 1. The van der Waals surface area contributed by atoms with Gasteiger partial charge in [-0.2, -0.15) is 0 Å². The first kappa shape index (κ1) is 14.5. The molecule has 0 saturated heterocycles. The van der Waals surface area contributed by atoms with Gasteiger partial charge in [0.05, 0.1) is 12.2 Å². The monoisotopic (exact) mass is 248 g/mol. The van der Waals surface area contributed by atoms with Crippen LogP contribution in [0.25, 0.3) is 0 Å². The van der Waals surface area contributed by atoms with E-state index in [9.17, 15) is 4.79 Å². The molecule has 3 heteroatoms. The van der Waals surface area contributed by atoms with Crippen molar-refractivity contribution in [3.05, 3.63) is 42.5 Å². The van der Waals surface area contributed by atoms with Crippen molar-refractivity contribution in [1.82, 2.24) is 0 Å². The van der Waals surface area contributed by atoms with Gasteiger partial charge in [-0.25, -0.2) is 0 Å². The molecule has 0 bridgehead atoms. The number of allylic oxidation sites excluding steroid dienone is 1. The van der Waals surface area contributed by atoms with Gasteiger partial charge in [0.1, 0.15) is 12.4 Å². The van der Waals surface area contributed by atoms with Crippen LogP contribution in [0.3, 0.4) is 0 Å². The maximum atomic E-state index is 11.4. The first-order chi connectivity index (χ1) is 8.75. The lowest BCUT2D eigenvalue weighted by atomic mass is 10.1. The molecule has 0 aliphatic carbocycles. The number of rotatable bonds is 9. The standard InChI is InChI=1S/C15H20O3/c1-3-4-7-10-17-11-12-18-15-9-6-5-8-14(15)13(2)16/h3,5-6,8-9H,1,4,7,10-12H2,2H3. The van der Waals surface area contributed by atoms with Gasteiger partial charge in [-0.05, 0) is 31.9 Å². The van der Waals surface area contributed by atoms with E-state index in [0.29, 0.717) is 31.1 Å². The Morgan fingerprint density at radius 3 is 2.78 bits per heavy atom. The van der Waals surface area contributed by atoms with Crippen molar-refractivity contribution in [2.24, 2.45) is 0 Å². The maximum Gasteiger partial charge on any atom is 0.163 e. The molecule has 0 N–H and O–H groups in total. The molecule has 0 saturated carbocycles. The Labute approximate surface area is 108 Å². The Morgan fingerprint density at radius 1 is 1.28 bits per heavy atom. The van der Waals surface area contributed by atoms with Crippen LogP contribution < -0.4 is 4.74 Å². The molecule has 0 aromatic heterocycles. The van der Waals surface area contributed by atoms with Crippen LogP contribution in [0.4, 0.5) is 0 Å². The number of Topliss-reactive ketones (excluding diaryl/α,β-unsaturated/α-hetero) is 1. The molecule has 0 unspecified atom stereocenters. The highest BCUT2D eigenvalue weighted by Crippen LogP contribution is 2.18. The first-order valence-corrected chi connectivity index (χ1v) is 6.17. The molecule has 0 spiro atoms. The van der Waals surface area contributed by atoms with Crippen molar-refractivity contribution in [1.29, 1.82) is 0 Å². The minimum atomic E-state index is 0.0116. The van der Waals surface area contributed by atoms with Crippen molar-refractivity contribution in [2.75, 3.05) is 19.8 Å². The van der Waals surface area contributed by atoms with Gasteiger partial charge in [0.25, 0.3) is 0 Å². The highest BCUT2D eigenvalue weighted by molar-refractivity contribution is 5.96. The average Bonchev–Trinajstić information content (AvgIpc) is 2.38. The fourth-order valence-electron chi connectivity index (χ4n) is 1.53. The molecule has 0 heterocycles. The lowest BCUT2D eigenvalue weighted by Gasteiger charge is -2.09. The predicted octanol–water partition coefficient (Wildman–Crippen LogP) is 3.25. The van der Waals surface area contributed by atoms with Gasteiger partial charge in [0, 0.05) is 6.61 Å². The van der Waals surface area contributed by atoms with Crippen LogP contribution in [0.5, 0.6) is 5.75 Å². The quantitative estimate of drug-likeness (QED) is 0.382. The van der Waals surface area contributed by atoms with Crippen LogP contribution in [0.15, 0.2) is 36.9 Å². The van der Waals surface area contributed by atoms with Crippen LogP contribution >= 0.6 is 0 Å². The second-order valence-corrected chi connectivity index (χ2v) is 3.94. The number of carbonyl (C=O) groups is 1. The summed E-state index contributed by atoms with van der Waals surface area (Å²) >= 11 is 0. The largest absolute Gasteiger partial charge is 0.490 e. The molecular weight excluding hydrogens is 228 g/mol. The maximum absolute atomic E-state index is 11.4. The van der Waals surface area contributed by atoms with E-state index in [-0.39, 0.29) is 5.78 Å². The number of unbranched alkanes of at least 4 members (excludes halogenated alkanes) is 1. The second-order valence-electron chi connectivity index (χ2n) is 3.94. The number of para-hydroxylation sites is 1. The lowest BCUT2D eigenvalue weighted by molar-refractivity contribution is 0.0953. The van der Waals surface area contributed by atoms with Crippen molar-refractivity contribution in [2.45, 2.75) is 19.8 Å². The van der Waals surface area contributed by atoms with Crippen LogP contribution in [0.2, 0.25) is 0 Å². The van der Waals surface area contributed by atoms with Crippen molar-refractivity contribution in [3.8, 4) is 5.75 Å². The second kappa shape index (κ2) is 8.48. The SMILES string of the molecule is C=CCCCOCCOc1ccccc1C(C)=O. The van der Waals surface area contributed by atoms with E-state index in [2.05, 4.69) is 6.58 Å². The summed E-state index contributed by atoms with van der Waals surface area (Å²) in [5.41, 5.74) is 0.615. The topological polar surface area (TPSA) is 35.5 Å². The third-order valence-electron chi connectivity index (χ3n) is 2.45. The van der Waals surface area contributed by atoms with E-state index in [1.165, 1.54) is 6.92 Å². The highest BCUT2D eigenvalue weighted by Gasteiger charge is 2.06. The molecule has 0 aliphatic rings. The number of ether oxygens (including phenoxy) is 2. The van der Waals surface area contributed by atoms with E-state index in [1.807, 2.05) is 18.2 Å². The molecule has 0 radical (unpaired) electrons. The lowest BCUT2D eigenvalue weighted by Crippen LogP contribution is -2.09. The number of hydrogen-bond donors (Lipinski definition) is 0. The minimum absolute atomic E-state index is 0.0116. The summed E-state index contributed by atoms with van der Waals surface area (Å²) in [4.78, 5) is 11.4. The Hall–Kier alpha value is -1.61.